The van der Waals surface area contributed by atoms with Crippen molar-refractivity contribution >= 4 is 0 Å². The smallest absolute Gasteiger partial charge is 0.0160 e. The summed E-state index contributed by atoms with van der Waals surface area (Å²) in [6.45, 7) is 18.1. The number of nitrogens with zero attached hydrogens (tertiary/aromatic N) is 1. The van der Waals surface area contributed by atoms with Gasteiger partial charge in [0.2, 0.25) is 0 Å². The molecule has 0 unspecified atom stereocenters. The zero-order chi connectivity index (χ0) is 13.2. The van der Waals surface area contributed by atoms with E-state index in [0.717, 1.165) is 26.1 Å². The molecule has 0 spiro atoms. The van der Waals surface area contributed by atoms with Crippen LogP contribution in [0.3, 0.4) is 0 Å². The second kappa shape index (κ2) is 23.5. The van der Waals surface area contributed by atoms with Gasteiger partial charge in [0.15, 0.2) is 0 Å². The average Bonchev–Trinajstić information content (AvgIpc) is 2.32. The van der Waals surface area contributed by atoms with Crippen LogP contribution in [0.5, 0.6) is 0 Å². The molecule has 0 saturated heterocycles. The molecular formula is C15H27N. The van der Waals surface area contributed by atoms with Crippen molar-refractivity contribution in [3.05, 3.63) is 38.0 Å². The first-order chi connectivity index (χ1) is 7.76. The Bertz CT molecular complexity index is 168. The topological polar surface area (TPSA) is 3.24 Å². The van der Waals surface area contributed by atoms with E-state index in [0.29, 0.717) is 0 Å². The Kier molecular flexibility index (Phi) is 29.7. The van der Waals surface area contributed by atoms with Crippen LogP contribution in [0.25, 0.3) is 0 Å². The van der Waals surface area contributed by atoms with E-state index in [1.807, 2.05) is 19.1 Å². The van der Waals surface area contributed by atoms with Gasteiger partial charge in [-0.1, -0.05) is 25.2 Å². The molecule has 0 aromatic heterocycles. The highest BCUT2D eigenvalue weighted by molar-refractivity contribution is 4.74. The first-order valence-electron chi connectivity index (χ1n) is 5.61. The Morgan fingerprint density at radius 2 is 1.62 bits per heavy atom. The van der Waals surface area contributed by atoms with E-state index in [2.05, 4.69) is 44.4 Å². The molecule has 0 amide bonds. The zero-order valence-electron chi connectivity index (χ0n) is 11.0. The Labute approximate surface area is 103 Å². The molecule has 16 heavy (non-hydrogen) atoms. The fourth-order valence-corrected chi connectivity index (χ4v) is 1.02. The van der Waals surface area contributed by atoms with Gasteiger partial charge in [0, 0.05) is 6.54 Å². The van der Waals surface area contributed by atoms with E-state index in [-0.39, 0.29) is 0 Å². The molecular weight excluding hydrogens is 194 g/mol. The summed E-state index contributed by atoms with van der Waals surface area (Å²) in [6.07, 6.45) is 16.0. The van der Waals surface area contributed by atoms with Crippen molar-refractivity contribution in [3.8, 4) is 12.8 Å². The van der Waals surface area contributed by atoms with Gasteiger partial charge in [0.25, 0.3) is 0 Å². The maximum atomic E-state index is 4.00. The number of likely N-dealkylation sites (N-methyl/N-ethyl adjacent to an activating group) is 1. The standard InChI is InChI=1S/C10H19N.C3H6.C2H2/c1-4-7-8-10-11(6-3)9-5-2;1-3-2;1-2/h4-5H,1-2,6-10H2,3H3;3H,1H2,2H3;1-2H. The molecule has 0 aliphatic carbocycles. The van der Waals surface area contributed by atoms with Crippen molar-refractivity contribution in [2.24, 2.45) is 0 Å². The molecule has 0 atom stereocenters. The molecule has 0 rings (SSSR count). The van der Waals surface area contributed by atoms with Gasteiger partial charge >= 0.3 is 0 Å². The highest BCUT2D eigenvalue weighted by Gasteiger charge is 1.96. The van der Waals surface area contributed by atoms with Crippen LogP contribution in [-0.2, 0) is 0 Å². The summed E-state index contributed by atoms with van der Waals surface area (Å²) in [5.41, 5.74) is 0. The number of terminal acetylenes is 1. The maximum absolute atomic E-state index is 4.00. The van der Waals surface area contributed by atoms with E-state index >= 15 is 0 Å². The minimum atomic E-state index is 1.01. The largest absolute Gasteiger partial charge is 0.300 e. The lowest BCUT2D eigenvalue weighted by Crippen LogP contribution is -2.24. The van der Waals surface area contributed by atoms with Crippen molar-refractivity contribution in [1.29, 1.82) is 0 Å². The van der Waals surface area contributed by atoms with Crippen LogP contribution in [-0.4, -0.2) is 24.5 Å². The summed E-state index contributed by atoms with van der Waals surface area (Å²) in [5.74, 6) is 0. The first kappa shape index (κ1) is 20.2. The fraction of sp³-hybridized carbons (Fsp3) is 0.467. The Balaban J connectivity index is -0.000000289. The van der Waals surface area contributed by atoms with E-state index in [1.54, 1.807) is 6.08 Å². The van der Waals surface area contributed by atoms with Crippen molar-refractivity contribution in [2.75, 3.05) is 19.6 Å². The van der Waals surface area contributed by atoms with E-state index in [9.17, 15) is 0 Å². The van der Waals surface area contributed by atoms with Gasteiger partial charge in [-0.2, -0.15) is 0 Å². The van der Waals surface area contributed by atoms with Gasteiger partial charge in [0.05, 0.1) is 0 Å². The van der Waals surface area contributed by atoms with Crippen LogP contribution in [0, 0.1) is 12.8 Å². The van der Waals surface area contributed by atoms with Gasteiger partial charge in [0.1, 0.15) is 0 Å². The number of allylic oxidation sites excluding steroid dienone is 2. The third-order valence-electron chi connectivity index (χ3n) is 1.72. The molecule has 0 aromatic carbocycles. The number of rotatable bonds is 7. The van der Waals surface area contributed by atoms with Crippen LogP contribution < -0.4 is 0 Å². The van der Waals surface area contributed by atoms with Crippen LogP contribution in [0.2, 0.25) is 0 Å². The predicted molar refractivity (Wildman–Crippen MR) is 77.5 cm³/mol. The molecule has 1 heteroatoms. The third kappa shape index (κ3) is 23.0. The summed E-state index contributed by atoms with van der Waals surface area (Å²) in [7, 11) is 0. The Morgan fingerprint density at radius 1 is 1.12 bits per heavy atom. The first-order valence-corrected chi connectivity index (χ1v) is 5.61. The average molecular weight is 221 g/mol. The van der Waals surface area contributed by atoms with Crippen molar-refractivity contribution in [1.82, 2.24) is 4.90 Å². The van der Waals surface area contributed by atoms with Crippen molar-refractivity contribution < 1.29 is 0 Å². The Morgan fingerprint density at radius 3 is 1.94 bits per heavy atom. The molecule has 0 aliphatic heterocycles. The van der Waals surface area contributed by atoms with Crippen LogP contribution >= 0.6 is 0 Å². The zero-order valence-corrected chi connectivity index (χ0v) is 11.0. The third-order valence-corrected chi connectivity index (χ3v) is 1.72. The fourth-order valence-electron chi connectivity index (χ4n) is 1.02. The lowest BCUT2D eigenvalue weighted by Gasteiger charge is -2.17. The van der Waals surface area contributed by atoms with Gasteiger partial charge in [-0.05, 0) is 32.9 Å². The second-order valence-electron chi connectivity index (χ2n) is 3.02. The van der Waals surface area contributed by atoms with Crippen LogP contribution in [0.15, 0.2) is 38.0 Å². The minimum absolute atomic E-state index is 1.01. The minimum Gasteiger partial charge on any atom is -0.300 e. The lowest BCUT2D eigenvalue weighted by molar-refractivity contribution is 0.316. The normalized spacial score (nSPS) is 7.81. The molecule has 0 fully saturated rings. The van der Waals surface area contributed by atoms with E-state index in [4.69, 9.17) is 0 Å². The highest BCUT2D eigenvalue weighted by atomic mass is 15.1. The number of hydrogen-bond donors (Lipinski definition) is 0. The summed E-state index contributed by atoms with van der Waals surface area (Å²) < 4.78 is 0. The summed E-state index contributed by atoms with van der Waals surface area (Å²) in [4.78, 5) is 2.37. The monoisotopic (exact) mass is 221 g/mol. The molecule has 0 aromatic rings. The summed E-state index contributed by atoms with van der Waals surface area (Å²) >= 11 is 0. The lowest BCUT2D eigenvalue weighted by atomic mass is 10.3. The van der Waals surface area contributed by atoms with Gasteiger partial charge < -0.3 is 0 Å². The molecule has 0 heterocycles. The molecule has 0 aliphatic rings. The molecule has 0 saturated carbocycles. The van der Waals surface area contributed by atoms with Gasteiger partial charge in [-0.3, -0.25) is 4.90 Å². The van der Waals surface area contributed by atoms with Gasteiger partial charge in [-0.15, -0.1) is 32.6 Å². The Hall–Kier alpha value is -1.26. The predicted octanol–water partition coefficient (Wildman–Crippen LogP) is 3.90. The summed E-state index contributed by atoms with van der Waals surface area (Å²) in [5, 5.41) is 0. The molecule has 0 N–H and O–H groups in total. The van der Waals surface area contributed by atoms with Crippen LogP contribution in [0.4, 0.5) is 0 Å². The highest BCUT2D eigenvalue weighted by Crippen LogP contribution is 1.95. The second-order valence-corrected chi connectivity index (χ2v) is 3.02. The van der Waals surface area contributed by atoms with Crippen molar-refractivity contribution in [2.45, 2.75) is 26.7 Å². The molecule has 92 valence electrons. The molecule has 0 radical (unpaired) electrons. The number of hydrogen-bond acceptors (Lipinski definition) is 1. The SMILES string of the molecule is C#C.C=CC.C=CCCCN(CC)CC=C. The van der Waals surface area contributed by atoms with Crippen molar-refractivity contribution in [3.63, 3.8) is 0 Å². The summed E-state index contributed by atoms with van der Waals surface area (Å²) in [6, 6.07) is 0. The van der Waals surface area contributed by atoms with E-state index in [1.165, 1.54) is 6.42 Å². The number of unbranched alkanes of at least 4 members (excludes halogenated alkanes) is 1. The quantitative estimate of drug-likeness (QED) is 0.358. The maximum Gasteiger partial charge on any atom is 0.0160 e. The molecule has 1 nitrogen and oxygen atoms in total. The van der Waals surface area contributed by atoms with E-state index < -0.39 is 0 Å². The van der Waals surface area contributed by atoms with Crippen LogP contribution in [0.1, 0.15) is 26.7 Å². The van der Waals surface area contributed by atoms with Gasteiger partial charge in [-0.25, -0.2) is 0 Å². The molecule has 0 bridgehead atoms.